The molecule has 7 fully saturated rings. The predicted octanol–water partition coefficient (Wildman–Crippen LogP) is 5.14. The second-order valence-corrected chi connectivity index (χ2v) is 34.1. The van der Waals surface area contributed by atoms with Crippen molar-refractivity contribution in [2.24, 2.45) is 17.6 Å². The number of amides is 4. The van der Waals surface area contributed by atoms with Crippen LogP contribution in [0.15, 0.2) is 118 Å². The summed E-state index contributed by atoms with van der Waals surface area (Å²) in [5.74, 6) is 0.318. The van der Waals surface area contributed by atoms with Crippen molar-refractivity contribution in [3.8, 4) is 17.2 Å². The van der Waals surface area contributed by atoms with Crippen molar-refractivity contribution in [1.29, 1.82) is 0 Å². The summed E-state index contributed by atoms with van der Waals surface area (Å²) in [6.07, 6.45) is 14.9. The molecule has 5 saturated heterocycles. The Kier molecular flexibility index (Phi) is 16.9. The van der Waals surface area contributed by atoms with E-state index in [4.69, 9.17) is 5.73 Å². The molecule has 0 unspecified atom stereocenters. The summed E-state index contributed by atoms with van der Waals surface area (Å²) >= 11 is 0. The molecule has 564 valence electrons. The fraction of sp³-hybridized carbons (Fsp3) is 0.494. The monoisotopic (exact) mass is 1460 g/mol. The number of aliphatic hydroxyl groups is 3. The summed E-state index contributed by atoms with van der Waals surface area (Å²) in [6, 6.07) is 30.3. The lowest BCUT2D eigenvalue weighted by Gasteiger charge is -2.63. The molecular formula is C85H96N10O13. The molecule has 23 nitrogen and oxygen atoms in total. The van der Waals surface area contributed by atoms with Gasteiger partial charge >= 0.3 is 0 Å². The van der Waals surface area contributed by atoms with Crippen molar-refractivity contribution in [2.45, 2.75) is 192 Å². The third kappa shape index (κ3) is 11.3. The lowest BCUT2D eigenvalue weighted by Crippen LogP contribution is -2.74. The number of primary amides is 1. The van der Waals surface area contributed by atoms with Gasteiger partial charge < -0.3 is 71.3 Å². The number of hydrogen-bond acceptors (Lipinski definition) is 16. The molecule has 20 rings (SSSR count). The first-order valence-corrected chi connectivity index (χ1v) is 39.2. The smallest absolute Gasteiger partial charge is 0.261 e. The Morgan fingerprint density at radius 2 is 0.907 bits per heavy atom. The number of aromatic amines is 3. The zero-order chi connectivity index (χ0) is 74.7. The Morgan fingerprint density at radius 3 is 1.37 bits per heavy atom. The highest BCUT2D eigenvalue weighted by Crippen LogP contribution is 2.61. The zero-order valence-electron chi connectivity index (χ0n) is 61.1. The van der Waals surface area contributed by atoms with Gasteiger partial charge in [-0.3, -0.25) is 43.4 Å². The van der Waals surface area contributed by atoms with E-state index in [0.717, 1.165) is 133 Å². The van der Waals surface area contributed by atoms with Gasteiger partial charge in [-0.25, -0.2) is 0 Å². The van der Waals surface area contributed by atoms with Crippen LogP contribution in [0.3, 0.4) is 0 Å². The van der Waals surface area contributed by atoms with E-state index in [9.17, 15) is 64.2 Å². The minimum atomic E-state index is -1.13. The number of H-pyrrole nitrogens is 3. The maximum absolute atomic E-state index is 13.3. The van der Waals surface area contributed by atoms with Gasteiger partial charge in [-0.15, -0.1) is 0 Å². The van der Waals surface area contributed by atoms with Crippen molar-refractivity contribution < 1.29 is 49.8 Å². The molecule has 3 aromatic heterocycles. The Hall–Kier alpha value is -9.23. The van der Waals surface area contributed by atoms with E-state index in [-0.39, 0.29) is 70.0 Å². The second kappa shape index (κ2) is 26.0. The Bertz CT molecular complexity index is 5060. The number of pyridine rings is 3. The van der Waals surface area contributed by atoms with Crippen LogP contribution in [0.2, 0.25) is 0 Å². The van der Waals surface area contributed by atoms with Crippen molar-refractivity contribution in [3.05, 3.63) is 224 Å². The van der Waals surface area contributed by atoms with Gasteiger partial charge in [0.25, 0.3) is 34.4 Å². The van der Waals surface area contributed by atoms with Gasteiger partial charge in [-0.2, -0.15) is 0 Å². The minimum absolute atomic E-state index is 0.0216. The fourth-order valence-electron chi connectivity index (χ4n) is 22.3. The summed E-state index contributed by atoms with van der Waals surface area (Å²) in [5.41, 5.74) is 11.6. The molecule has 2 saturated carbocycles. The number of likely N-dealkylation sites (tertiary alicyclic amines) is 5. The number of hydrogen-bond donors (Lipinski definition) is 11. The van der Waals surface area contributed by atoms with Gasteiger partial charge in [0.15, 0.2) is 0 Å². The van der Waals surface area contributed by atoms with Gasteiger partial charge in [-0.1, -0.05) is 48.5 Å². The van der Waals surface area contributed by atoms with Gasteiger partial charge in [0.1, 0.15) is 40.0 Å². The minimum Gasteiger partial charge on any atom is -0.508 e. The number of aromatic hydroxyl groups is 3. The number of rotatable bonds is 10. The quantitative estimate of drug-likeness (QED) is 0.0844. The van der Waals surface area contributed by atoms with Crippen LogP contribution < -0.4 is 27.7 Å². The molecule has 0 spiro atoms. The Balaban J connectivity index is 0.000000114. The number of benzene rings is 4. The molecule has 8 aliphatic carbocycles. The van der Waals surface area contributed by atoms with Crippen LogP contribution in [0.25, 0.3) is 0 Å². The summed E-state index contributed by atoms with van der Waals surface area (Å²) in [5, 5.41) is 71.6. The van der Waals surface area contributed by atoms with Crippen LogP contribution in [0.1, 0.15) is 174 Å². The van der Waals surface area contributed by atoms with E-state index in [2.05, 4.69) is 35.0 Å². The van der Waals surface area contributed by atoms with Crippen LogP contribution in [-0.4, -0.2) is 194 Å². The maximum atomic E-state index is 13.3. The fourth-order valence-corrected chi connectivity index (χ4v) is 22.3. The number of carbonyl (C=O) groups excluding carboxylic acids is 4. The molecular weight excluding hydrogens is 1370 g/mol. The number of carbonyl (C=O) groups is 4. The molecule has 4 aromatic carbocycles. The molecule has 12 N–H and O–H groups in total. The summed E-state index contributed by atoms with van der Waals surface area (Å²) in [6.45, 7) is 6.71. The molecule has 10 atom stereocenters. The number of phenols is 3. The third-order valence-corrected chi connectivity index (χ3v) is 28.2. The molecule has 108 heavy (non-hydrogen) atoms. The predicted molar refractivity (Wildman–Crippen MR) is 401 cm³/mol. The highest BCUT2D eigenvalue weighted by molar-refractivity contribution is 5.98. The molecule has 4 amide bonds. The lowest BCUT2D eigenvalue weighted by molar-refractivity contribution is -0.152. The number of piperidine rings is 3. The van der Waals surface area contributed by atoms with E-state index < -0.39 is 67.9 Å². The van der Waals surface area contributed by atoms with Gasteiger partial charge in [0.2, 0.25) is 5.91 Å². The van der Waals surface area contributed by atoms with Crippen molar-refractivity contribution in [3.63, 3.8) is 0 Å². The van der Waals surface area contributed by atoms with Crippen LogP contribution in [0.5, 0.6) is 17.2 Å². The average Bonchev–Trinajstić information content (AvgIpc) is 0.755. The van der Waals surface area contributed by atoms with Gasteiger partial charge in [-0.05, 0) is 239 Å². The molecule has 8 heterocycles. The van der Waals surface area contributed by atoms with E-state index >= 15 is 0 Å². The molecule has 5 aliphatic heterocycles. The average molecular weight is 1470 g/mol. The normalized spacial score (nSPS) is 30.1. The number of nitrogens with one attached hydrogen (secondary N) is 4. The van der Waals surface area contributed by atoms with Gasteiger partial charge in [0.05, 0.1) is 16.8 Å². The van der Waals surface area contributed by atoms with Gasteiger partial charge in [0, 0.05) is 129 Å². The molecule has 7 aromatic rings. The topological polar surface area (TPSA) is 342 Å². The molecule has 23 heteroatoms. The summed E-state index contributed by atoms with van der Waals surface area (Å²) in [7, 11) is 2.02. The number of nitrogens with zero attached hydrogens (tertiary/aromatic N) is 5. The molecule has 13 aliphatic rings. The number of likely N-dealkylation sites (N-methyl/N-ethyl adjacent to an activating group) is 1. The number of phenolic OH excluding ortho intramolecular Hbond substituents is 3. The SMILES string of the molecule is CN1CC[C@]23Cc4[nH]c(=O)c(C(=O)N5CCC[C@H]5C(N)=O)cc4C[C@@]2(O)[C@H]1Cc1ccc(O)cc13.O=C(NCc1ccccc1)c1cc2c([nH]c1=O)C[C@]13CCN(CC4CC4)[C@H](Cc4ccc(O)cc41)[C@]3(O)C2.O=C(c1cc2c([nH]c1=O)C[C@]13CCN(CC4CC4)[C@H](Cc4ccc(O)cc41)[C@]3(O)C2)N1CCCC1. The van der Waals surface area contributed by atoms with Crippen LogP contribution in [-0.2, 0) is 85.4 Å². The van der Waals surface area contributed by atoms with Crippen LogP contribution in [0, 0.1) is 11.8 Å². The molecule has 6 bridgehead atoms. The second-order valence-electron chi connectivity index (χ2n) is 34.1. The molecule has 0 radical (unpaired) electrons. The highest BCUT2D eigenvalue weighted by atomic mass is 16.3. The van der Waals surface area contributed by atoms with Crippen molar-refractivity contribution in [1.82, 2.24) is 44.8 Å². The highest BCUT2D eigenvalue weighted by Gasteiger charge is 2.68. The number of nitrogens with two attached hydrogens (primary N) is 1. The lowest BCUT2D eigenvalue weighted by atomic mass is 9.49. The third-order valence-electron chi connectivity index (χ3n) is 28.2. The first-order chi connectivity index (χ1) is 51.9. The Morgan fingerprint density at radius 1 is 0.481 bits per heavy atom. The van der Waals surface area contributed by atoms with E-state index in [1.807, 2.05) is 67.7 Å². The van der Waals surface area contributed by atoms with Crippen molar-refractivity contribution >= 4 is 23.6 Å². The summed E-state index contributed by atoms with van der Waals surface area (Å²) in [4.78, 5) is 110. The van der Waals surface area contributed by atoms with Crippen LogP contribution >= 0.6 is 0 Å². The largest absolute Gasteiger partial charge is 0.508 e. The van der Waals surface area contributed by atoms with Crippen LogP contribution in [0.4, 0.5) is 0 Å². The van der Waals surface area contributed by atoms with Crippen molar-refractivity contribution in [2.75, 3.05) is 59.4 Å². The zero-order valence-corrected chi connectivity index (χ0v) is 61.1. The number of fused-ring (bicyclic) bond motifs is 6. The van der Waals surface area contributed by atoms with E-state index in [1.165, 1.54) is 41.7 Å². The maximum Gasteiger partial charge on any atom is 0.261 e. The van der Waals surface area contributed by atoms with E-state index in [0.29, 0.717) is 95.6 Å². The van der Waals surface area contributed by atoms with E-state index in [1.54, 1.807) is 47.4 Å². The Labute approximate surface area is 625 Å². The first-order valence-electron chi connectivity index (χ1n) is 39.2. The summed E-state index contributed by atoms with van der Waals surface area (Å²) < 4.78 is 0. The standard InChI is InChI=1S/C31H33N3O4.C28H33N3O4.C26H30N4O5/c35-23-9-8-21-13-27-31(38)15-22-12-24(28(36)32-17-19-4-2-1-3-5-19)29(37)33-26(22)16-30(31,25(21)14-23)10-11-34(27)18-20-6-7-20;32-20-6-5-18-12-24-28(35)14-19-11-21(26(34)30-8-1-2-9-30)25(33)29-23(19)15-27(28,22(18)13-20)7-10-31(24)16-17-3-4-17;1-29-8-6-25-13-19-15(12-26(25,35)21(29)10-14-4-5-16(31)11-18(14)25)9-17(23(33)28-19)24(34)30-7-2-3-20(30)22(27)32/h1-5,8-9,12,14,20,27,35,38H,6-7,10-11,13,15-18H2,(H,32,36)(H,33,37);5-6,11,13,17,24,32,35H,1-4,7-10,12,14-16H2,(H,29,33);4-5,9,11,20-21,31,35H,2-3,6-8,10,12-13H2,1H3,(H2,27,32)(H,28,33)/t27-,30-,31-;24-,27-,28-;20-,21+,25+,26+/m110/s1. The number of aromatic nitrogens is 3. The first kappa shape index (κ1) is 70.4.